The van der Waals surface area contributed by atoms with Gasteiger partial charge in [-0.15, -0.1) is 0 Å². The molecule has 0 N–H and O–H groups in total. The summed E-state index contributed by atoms with van der Waals surface area (Å²) in [7, 11) is 0. The lowest BCUT2D eigenvalue weighted by Gasteiger charge is -1.92. The van der Waals surface area contributed by atoms with Crippen LogP contribution in [0.15, 0.2) is 29.3 Å². The number of carbonyl (C=O) groups excluding carboxylic acids is 1. The zero-order chi connectivity index (χ0) is 7.40. The van der Waals surface area contributed by atoms with Gasteiger partial charge in [0.05, 0.1) is 5.69 Å². The molecular formula is C8H6NO. The van der Waals surface area contributed by atoms with Crippen LogP contribution in [0.3, 0.4) is 0 Å². The van der Waals surface area contributed by atoms with E-state index >= 15 is 0 Å². The van der Waals surface area contributed by atoms with Gasteiger partial charge in [0.1, 0.15) is 0 Å². The molecular weight excluding hydrogens is 126 g/mol. The number of hydrogen-bond acceptors (Lipinski definition) is 2. The van der Waals surface area contributed by atoms with Gasteiger partial charge >= 0.3 is 0 Å². The summed E-state index contributed by atoms with van der Waals surface area (Å²) in [5.74, 6) is 0. The van der Waals surface area contributed by atoms with Gasteiger partial charge in [0.25, 0.3) is 0 Å². The molecule has 0 unspecified atom stereocenters. The van der Waals surface area contributed by atoms with E-state index in [1.54, 1.807) is 18.2 Å². The molecule has 0 saturated carbocycles. The van der Waals surface area contributed by atoms with Crippen LogP contribution in [-0.2, 0) is 4.79 Å². The van der Waals surface area contributed by atoms with Crippen molar-refractivity contribution in [2.45, 2.75) is 0 Å². The smallest absolute Gasteiger partial charge is 0.211 e. The third kappa shape index (κ3) is 1.30. The normalized spacial score (nSPS) is 8.50. The number of benzene rings is 1. The van der Waals surface area contributed by atoms with Gasteiger partial charge in [-0.3, -0.25) is 0 Å². The van der Waals surface area contributed by atoms with Crippen molar-refractivity contribution < 1.29 is 4.79 Å². The lowest BCUT2D eigenvalue weighted by molar-refractivity contribution is 0.565. The SMILES string of the molecule is [CH2]c1ccccc1N=C=O. The molecule has 0 fully saturated rings. The number of aliphatic imine (C=N–C) groups is 1. The van der Waals surface area contributed by atoms with Gasteiger partial charge < -0.3 is 0 Å². The van der Waals surface area contributed by atoms with Crippen LogP contribution in [-0.4, -0.2) is 6.08 Å². The zero-order valence-electron chi connectivity index (χ0n) is 5.37. The van der Waals surface area contributed by atoms with Crippen LogP contribution in [0, 0.1) is 6.92 Å². The Labute approximate surface area is 59.2 Å². The monoisotopic (exact) mass is 132 g/mol. The first-order valence-electron chi connectivity index (χ1n) is 2.83. The van der Waals surface area contributed by atoms with Crippen LogP contribution >= 0.6 is 0 Å². The minimum absolute atomic E-state index is 0.581. The van der Waals surface area contributed by atoms with Gasteiger partial charge in [-0.2, -0.15) is 4.99 Å². The lowest BCUT2D eigenvalue weighted by Crippen LogP contribution is -1.70. The average molecular weight is 132 g/mol. The molecule has 1 aromatic carbocycles. The molecule has 0 spiro atoms. The summed E-state index contributed by atoms with van der Waals surface area (Å²) < 4.78 is 0. The second-order valence-electron chi connectivity index (χ2n) is 1.83. The Morgan fingerprint density at radius 3 is 2.70 bits per heavy atom. The summed E-state index contributed by atoms with van der Waals surface area (Å²) in [6, 6.07) is 7.14. The highest BCUT2D eigenvalue weighted by molar-refractivity contribution is 5.54. The maximum atomic E-state index is 9.81. The van der Waals surface area contributed by atoms with Crippen LogP contribution < -0.4 is 0 Å². The second-order valence-corrected chi connectivity index (χ2v) is 1.83. The first-order chi connectivity index (χ1) is 4.84. The van der Waals surface area contributed by atoms with Crippen molar-refractivity contribution in [1.82, 2.24) is 0 Å². The molecule has 49 valence electrons. The van der Waals surface area contributed by atoms with Crippen molar-refractivity contribution in [1.29, 1.82) is 0 Å². The van der Waals surface area contributed by atoms with Crippen molar-refractivity contribution in [2.24, 2.45) is 4.99 Å². The van der Waals surface area contributed by atoms with Crippen LogP contribution in [0.1, 0.15) is 5.56 Å². The molecule has 0 atom stereocenters. The Balaban J connectivity index is 3.14. The standard InChI is InChI=1S/C8H6NO/c1-7-4-2-3-5-8(7)9-6-10/h2-5H,1H2. The first kappa shape index (κ1) is 6.72. The van der Waals surface area contributed by atoms with E-state index in [1.165, 1.54) is 6.08 Å². The molecule has 0 bridgehead atoms. The summed E-state index contributed by atoms with van der Waals surface area (Å²) in [5.41, 5.74) is 1.32. The van der Waals surface area contributed by atoms with E-state index in [2.05, 4.69) is 11.9 Å². The molecule has 10 heavy (non-hydrogen) atoms. The molecule has 2 heteroatoms. The summed E-state index contributed by atoms with van der Waals surface area (Å²) >= 11 is 0. The summed E-state index contributed by atoms with van der Waals surface area (Å²) in [6.45, 7) is 3.67. The van der Waals surface area contributed by atoms with E-state index in [4.69, 9.17) is 0 Å². The first-order valence-corrected chi connectivity index (χ1v) is 2.83. The molecule has 1 aromatic rings. The average Bonchev–Trinajstić information content (AvgIpc) is 1.94. The minimum Gasteiger partial charge on any atom is -0.211 e. The Kier molecular flexibility index (Phi) is 1.98. The fraction of sp³-hybridized carbons (Fsp3) is 0. The van der Waals surface area contributed by atoms with Gasteiger partial charge in [0.15, 0.2) is 0 Å². The highest BCUT2D eigenvalue weighted by atomic mass is 16.1. The van der Waals surface area contributed by atoms with Gasteiger partial charge in [-0.1, -0.05) is 18.2 Å². The fourth-order valence-corrected chi connectivity index (χ4v) is 0.669. The number of isocyanates is 1. The largest absolute Gasteiger partial charge is 0.240 e. The predicted octanol–water partition coefficient (Wildman–Crippen LogP) is 1.84. The van der Waals surface area contributed by atoms with E-state index in [-0.39, 0.29) is 0 Å². The Hall–Kier alpha value is -1.40. The fourth-order valence-electron chi connectivity index (χ4n) is 0.669. The van der Waals surface area contributed by atoms with Crippen molar-refractivity contribution in [3.05, 3.63) is 36.8 Å². The molecule has 0 aromatic heterocycles. The number of rotatable bonds is 1. The van der Waals surface area contributed by atoms with Crippen LogP contribution in [0.2, 0.25) is 0 Å². The molecule has 1 radical (unpaired) electrons. The highest BCUT2D eigenvalue weighted by Gasteiger charge is 1.90. The van der Waals surface area contributed by atoms with Crippen molar-refractivity contribution in [3.8, 4) is 0 Å². The molecule has 2 nitrogen and oxygen atoms in total. The van der Waals surface area contributed by atoms with Gasteiger partial charge in [-0.25, -0.2) is 4.79 Å². The molecule has 0 aliphatic rings. The maximum Gasteiger partial charge on any atom is 0.240 e. The van der Waals surface area contributed by atoms with E-state index in [0.717, 1.165) is 5.56 Å². The summed E-state index contributed by atoms with van der Waals surface area (Å²) in [6.07, 6.45) is 1.46. The molecule has 0 aliphatic carbocycles. The van der Waals surface area contributed by atoms with Crippen molar-refractivity contribution in [3.63, 3.8) is 0 Å². The third-order valence-electron chi connectivity index (χ3n) is 1.16. The van der Waals surface area contributed by atoms with Crippen LogP contribution in [0.4, 0.5) is 5.69 Å². The third-order valence-corrected chi connectivity index (χ3v) is 1.16. The van der Waals surface area contributed by atoms with Gasteiger partial charge in [0, 0.05) is 0 Å². The van der Waals surface area contributed by atoms with E-state index in [9.17, 15) is 4.79 Å². The number of nitrogens with zero attached hydrogens (tertiary/aromatic N) is 1. The second kappa shape index (κ2) is 2.95. The van der Waals surface area contributed by atoms with Crippen molar-refractivity contribution in [2.75, 3.05) is 0 Å². The molecule has 0 aliphatic heterocycles. The zero-order valence-corrected chi connectivity index (χ0v) is 5.37. The molecule has 1 rings (SSSR count). The molecule has 0 amide bonds. The number of hydrogen-bond donors (Lipinski definition) is 0. The van der Waals surface area contributed by atoms with Gasteiger partial charge in [0.2, 0.25) is 6.08 Å². The van der Waals surface area contributed by atoms with Gasteiger partial charge in [-0.05, 0) is 18.6 Å². The molecule has 0 heterocycles. The van der Waals surface area contributed by atoms with Crippen LogP contribution in [0.5, 0.6) is 0 Å². The van der Waals surface area contributed by atoms with E-state index in [0.29, 0.717) is 5.69 Å². The molecule has 0 saturated heterocycles. The van der Waals surface area contributed by atoms with E-state index < -0.39 is 0 Å². The summed E-state index contributed by atoms with van der Waals surface area (Å²) in [4.78, 5) is 13.2. The predicted molar refractivity (Wildman–Crippen MR) is 38.7 cm³/mol. The Morgan fingerprint density at radius 2 is 2.10 bits per heavy atom. The number of para-hydroxylation sites is 1. The highest BCUT2D eigenvalue weighted by Crippen LogP contribution is 2.15. The van der Waals surface area contributed by atoms with Crippen molar-refractivity contribution >= 4 is 11.8 Å². The lowest BCUT2D eigenvalue weighted by atomic mass is 10.2. The summed E-state index contributed by atoms with van der Waals surface area (Å²) in [5, 5.41) is 0. The van der Waals surface area contributed by atoms with Crippen LogP contribution in [0.25, 0.3) is 0 Å². The topological polar surface area (TPSA) is 29.4 Å². The minimum atomic E-state index is 0.581. The Morgan fingerprint density at radius 1 is 1.40 bits per heavy atom. The Bertz CT molecular complexity index is 274. The maximum absolute atomic E-state index is 9.81. The quantitative estimate of drug-likeness (QED) is 0.423. The van der Waals surface area contributed by atoms with E-state index in [1.807, 2.05) is 6.07 Å².